The van der Waals surface area contributed by atoms with Crippen LogP contribution in [0.1, 0.15) is 12.1 Å². The largest absolute Gasteiger partial charge is 0.273 e. The van der Waals surface area contributed by atoms with Crippen molar-refractivity contribution in [1.82, 2.24) is 9.99 Å². The highest BCUT2D eigenvalue weighted by molar-refractivity contribution is 6.12. The summed E-state index contributed by atoms with van der Waals surface area (Å²) in [7, 11) is 1.58. The summed E-state index contributed by atoms with van der Waals surface area (Å²) in [6.45, 7) is 0. The highest BCUT2D eigenvalue weighted by Crippen LogP contribution is 2.11. The number of amides is 1. The second-order valence-corrected chi connectivity index (χ2v) is 3.00. The average Bonchev–Trinajstić information content (AvgIpc) is 2.48. The average molecular weight is 193 g/mol. The molecule has 0 atom stereocenters. The predicted molar refractivity (Wildman–Crippen MR) is 48.1 cm³/mol. The third-order valence-electron chi connectivity index (χ3n) is 1.97. The summed E-state index contributed by atoms with van der Waals surface area (Å²) in [6, 6.07) is 2.81. The molecule has 0 N–H and O–H groups in total. The number of rotatable bonds is 1. The van der Waals surface area contributed by atoms with Gasteiger partial charge in [-0.25, -0.2) is 9.40 Å². The van der Waals surface area contributed by atoms with Crippen LogP contribution in [0.4, 0.5) is 4.39 Å². The Hall–Kier alpha value is -1.78. The molecule has 1 aliphatic rings. The van der Waals surface area contributed by atoms with Gasteiger partial charge in [-0.2, -0.15) is 5.10 Å². The minimum Gasteiger partial charge on any atom is -0.273 e. The molecule has 0 saturated carbocycles. The molecule has 0 bridgehead atoms. The molecule has 1 aliphatic heterocycles. The van der Waals surface area contributed by atoms with Crippen LogP contribution in [0.3, 0.4) is 0 Å². The molecule has 5 heteroatoms. The number of hydrogen-bond donors (Lipinski definition) is 0. The van der Waals surface area contributed by atoms with Gasteiger partial charge in [0.2, 0.25) is 5.91 Å². The Bertz CT molecular complexity index is 399. The summed E-state index contributed by atoms with van der Waals surface area (Å²) in [5, 5.41) is 5.25. The lowest BCUT2D eigenvalue weighted by Crippen LogP contribution is -2.14. The number of carbonyl (C=O) groups is 1. The van der Waals surface area contributed by atoms with Crippen LogP contribution in [0, 0.1) is 5.82 Å². The normalized spacial score (nSPS) is 16.0. The molecule has 0 radical (unpaired) electrons. The Morgan fingerprint density at radius 1 is 1.50 bits per heavy atom. The van der Waals surface area contributed by atoms with E-state index in [4.69, 9.17) is 0 Å². The van der Waals surface area contributed by atoms with Gasteiger partial charge in [-0.3, -0.25) is 9.78 Å². The molecule has 0 spiro atoms. The first kappa shape index (κ1) is 8.80. The van der Waals surface area contributed by atoms with Gasteiger partial charge in [0.05, 0.1) is 24.0 Å². The van der Waals surface area contributed by atoms with E-state index in [9.17, 15) is 9.18 Å². The standard InChI is InChI=1S/C9H8FN3O/c1-13-9(14)4-8(12-13)7-3-2-6(10)5-11-7/h2-3,5H,4H2,1H3. The zero-order valence-electron chi connectivity index (χ0n) is 7.57. The number of nitrogens with zero attached hydrogens (tertiary/aromatic N) is 3. The molecular weight excluding hydrogens is 185 g/mol. The zero-order chi connectivity index (χ0) is 10.1. The van der Waals surface area contributed by atoms with Gasteiger partial charge in [0, 0.05) is 7.05 Å². The number of hydrogen-bond acceptors (Lipinski definition) is 3. The van der Waals surface area contributed by atoms with Gasteiger partial charge in [0.15, 0.2) is 0 Å². The molecule has 14 heavy (non-hydrogen) atoms. The monoisotopic (exact) mass is 193 g/mol. The van der Waals surface area contributed by atoms with Crippen LogP contribution in [0.2, 0.25) is 0 Å². The molecule has 2 rings (SSSR count). The van der Waals surface area contributed by atoms with E-state index in [1.54, 1.807) is 7.05 Å². The third-order valence-corrected chi connectivity index (χ3v) is 1.97. The van der Waals surface area contributed by atoms with Crippen molar-refractivity contribution in [2.45, 2.75) is 6.42 Å². The van der Waals surface area contributed by atoms with E-state index < -0.39 is 5.82 Å². The minimum absolute atomic E-state index is 0.0777. The number of pyridine rings is 1. The second kappa shape index (κ2) is 3.17. The molecule has 0 aliphatic carbocycles. The Morgan fingerprint density at radius 2 is 2.29 bits per heavy atom. The quantitative estimate of drug-likeness (QED) is 0.661. The van der Waals surface area contributed by atoms with Crippen LogP contribution in [-0.2, 0) is 4.79 Å². The Labute approximate surface area is 80.1 Å². The van der Waals surface area contributed by atoms with Crippen molar-refractivity contribution in [2.24, 2.45) is 5.10 Å². The third kappa shape index (κ3) is 1.48. The first-order chi connectivity index (χ1) is 6.66. The maximum atomic E-state index is 12.5. The smallest absolute Gasteiger partial charge is 0.248 e. The summed E-state index contributed by atoms with van der Waals surface area (Å²) < 4.78 is 12.5. The van der Waals surface area contributed by atoms with E-state index in [-0.39, 0.29) is 12.3 Å². The van der Waals surface area contributed by atoms with Gasteiger partial charge in [-0.05, 0) is 12.1 Å². The van der Waals surface area contributed by atoms with Gasteiger partial charge in [-0.15, -0.1) is 0 Å². The Morgan fingerprint density at radius 3 is 2.79 bits per heavy atom. The Balaban J connectivity index is 2.29. The van der Waals surface area contributed by atoms with Crippen LogP contribution in [0.15, 0.2) is 23.4 Å². The van der Waals surface area contributed by atoms with E-state index in [1.165, 1.54) is 17.1 Å². The maximum Gasteiger partial charge on any atom is 0.248 e. The predicted octanol–water partition coefficient (Wildman–Crippen LogP) is 0.787. The Kier molecular flexibility index (Phi) is 1.99. The molecule has 4 nitrogen and oxygen atoms in total. The van der Waals surface area contributed by atoms with E-state index in [1.807, 2.05) is 0 Å². The van der Waals surface area contributed by atoms with Crippen molar-refractivity contribution in [3.63, 3.8) is 0 Å². The van der Waals surface area contributed by atoms with Crippen molar-refractivity contribution >= 4 is 11.6 Å². The zero-order valence-corrected chi connectivity index (χ0v) is 7.57. The molecule has 0 saturated heterocycles. The van der Waals surface area contributed by atoms with Crippen LogP contribution in [-0.4, -0.2) is 28.7 Å². The first-order valence-electron chi connectivity index (χ1n) is 4.13. The molecule has 0 unspecified atom stereocenters. The van der Waals surface area contributed by atoms with Gasteiger partial charge in [0.25, 0.3) is 0 Å². The van der Waals surface area contributed by atoms with Crippen molar-refractivity contribution < 1.29 is 9.18 Å². The van der Waals surface area contributed by atoms with Gasteiger partial charge < -0.3 is 0 Å². The van der Waals surface area contributed by atoms with Crippen LogP contribution in [0.25, 0.3) is 0 Å². The molecule has 1 aromatic heterocycles. The molecular formula is C9H8FN3O. The first-order valence-corrected chi connectivity index (χ1v) is 4.13. The van der Waals surface area contributed by atoms with Crippen molar-refractivity contribution in [3.8, 4) is 0 Å². The second-order valence-electron chi connectivity index (χ2n) is 3.00. The number of aromatic nitrogens is 1. The fraction of sp³-hybridized carbons (Fsp3) is 0.222. The highest BCUT2D eigenvalue weighted by atomic mass is 19.1. The molecule has 1 amide bonds. The molecule has 0 fully saturated rings. The van der Waals surface area contributed by atoms with Crippen LogP contribution in [0.5, 0.6) is 0 Å². The van der Waals surface area contributed by atoms with E-state index in [2.05, 4.69) is 10.1 Å². The molecule has 72 valence electrons. The van der Waals surface area contributed by atoms with E-state index >= 15 is 0 Å². The van der Waals surface area contributed by atoms with Crippen molar-refractivity contribution in [1.29, 1.82) is 0 Å². The summed E-state index contributed by atoms with van der Waals surface area (Å²) in [5.74, 6) is -0.474. The SMILES string of the molecule is CN1N=C(c2ccc(F)cn2)CC1=O. The maximum absolute atomic E-state index is 12.5. The fourth-order valence-electron chi connectivity index (χ4n) is 1.22. The summed E-state index contributed by atoms with van der Waals surface area (Å²) in [4.78, 5) is 15.0. The summed E-state index contributed by atoms with van der Waals surface area (Å²) >= 11 is 0. The number of carbonyl (C=O) groups excluding carboxylic acids is 1. The highest BCUT2D eigenvalue weighted by Gasteiger charge is 2.22. The topological polar surface area (TPSA) is 45.6 Å². The number of hydrazone groups is 1. The van der Waals surface area contributed by atoms with Gasteiger partial charge >= 0.3 is 0 Å². The summed E-state index contributed by atoms with van der Waals surface area (Å²) in [6.07, 6.45) is 1.34. The van der Waals surface area contributed by atoms with Crippen molar-refractivity contribution in [2.75, 3.05) is 7.05 Å². The van der Waals surface area contributed by atoms with Crippen molar-refractivity contribution in [3.05, 3.63) is 29.8 Å². The molecule has 2 heterocycles. The van der Waals surface area contributed by atoms with E-state index in [0.717, 1.165) is 6.20 Å². The fourth-order valence-corrected chi connectivity index (χ4v) is 1.22. The summed E-state index contributed by atoms with van der Waals surface area (Å²) in [5.41, 5.74) is 1.13. The van der Waals surface area contributed by atoms with E-state index in [0.29, 0.717) is 11.4 Å². The van der Waals surface area contributed by atoms with Gasteiger partial charge in [0.1, 0.15) is 5.82 Å². The van der Waals surface area contributed by atoms with Crippen LogP contribution >= 0.6 is 0 Å². The molecule has 0 aromatic carbocycles. The minimum atomic E-state index is -0.396. The number of halogens is 1. The van der Waals surface area contributed by atoms with Crippen LogP contribution < -0.4 is 0 Å². The van der Waals surface area contributed by atoms with Gasteiger partial charge in [-0.1, -0.05) is 0 Å². The lowest BCUT2D eigenvalue weighted by Gasteiger charge is -1.99. The lowest BCUT2D eigenvalue weighted by atomic mass is 10.2. The molecule has 1 aromatic rings. The lowest BCUT2D eigenvalue weighted by molar-refractivity contribution is -0.127.